The lowest BCUT2D eigenvalue weighted by Crippen LogP contribution is -1.91. The normalized spacial score (nSPS) is 8.67. The zero-order valence-corrected chi connectivity index (χ0v) is 9.48. The summed E-state index contributed by atoms with van der Waals surface area (Å²) in [6.45, 7) is 6.10. The maximum Gasteiger partial charge on any atom is 0.0347 e. The van der Waals surface area contributed by atoms with Crippen LogP contribution in [0.4, 0.5) is 5.69 Å². The molecule has 1 aromatic carbocycles. The highest BCUT2D eigenvalue weighted by atomic mass is 79.9. The molecule has 0 bridgehead atoms. The van der Waals surface area contributed by atoms with Gasteiger partial charge in [-0.05, 0) is 30.2 Å². The molecule has 0 aliphatic carbocycles. The van der Waals surface area contributed by atoms with Crippen molar-refractivity contribution in [1.29, 1.82) is 0 Å². The lowest BCUT2D eigenvalue weighted by atomic mass is 10.1. The minimum absolute atomic E-state index is 0.880. The summed E-state index contributed by atoms with van der Waals surface area (Å²) in [6, 6.07) is 5.92. The molecule has 2 N–H and O–H groups in total. The molecule has 0 heterocycles. The lowest BCUT2D eigenvalue weighted by Gasteiger charge is -2.01. The third kappa shape index (κ3) is 3.26. The zero-order chi connectivity index (χ0) is 9.56. The van der Waals surface area contributed by atoms with Crippen LogP contribution in [0.25, 0.3) is 0 Å². The van der Waals surface area contributed by atoms with Gasteiger partial charge in [-0.1, -0.05) is 36.7 Å². The molecule has 0 radical (unpaired) electrons. The maximum atomic E-state index is 5.68. The average molecular weight is 230 g/mol. The van der Waals surface area contributed by atoms with Crippen molar-refractivity contribution in [3.63, 3.8) is 0 Å². The number of nitrogens with two attached hydrogens (primary N) is 1. The molecule has 1 nitrogen and oxygen atoms in total. The topological polar surface area (TPSA) is 26.0 Å². The summed E-state index contributed by atoms with van der Waals surface area (Å²) in [6.07, 6.45) is 0.991. The first kappa shape index (κ1) is 11.5. The van der Waals surface area contributed by atoms with Gasteiger partial charge in [0, 0.05) is 10.2 Å². The molecular formula is C10H16BrN. The summed E-state index contributed by atoms with van der Waals surface area (Å²) in [7, 11) is 0. The van der Waals surface area contributed by atoms with E-state index in [4.69, 9.17) is 5.73 Å². The predicted molar refractivity (Wildman–Crippen MR) is 59.3 cm³/mol. The smallest absolute Gasteiger partial charge is 0.0347 e. The fraction of sp³-hybridized carbons (Fsp3) is 0.400. The van der Waals surface area contributed by atoms with Crippen LogP contribution in [0.1, 0.15) is 26.3 Å². The lowest BCUT2D eigenvalue weighted by molar-refractivity contribution is 1.14. The Morgan fingerprint density at radius 3 is 2.33 bits per heavy atom. The molecule has 0 saturated carbocycles. The summed E-state index contributed by atoms with van der Waals surface area (Å²) in [5, 5.41) is 0. The van der Waals surface area contributed by atoms with Gasteiger partial charge in [-0.15, -0.1) is 0 Å². The molecule has 12 heavy (non-hydrogen) atoms. The van der Waals surface area contributed by atoms with E-state index in [1.54, 1.807) is 0 Å². The van der Waals surface area contributed by atoms with E-state index in [0.29, 0.717) is 0 Å². The van der Waals surface area contributed by atoms with Gasteiger partial charge in [0.15, 0.2) is 0 Å². The quantitative estimate of drug-likeness (QED) is 0.732. The van der Waals surface area contributed by atoms with E-state index in [1.807, 2.05) is 26.0 Å². The van der Waals surface area contributed by atoms with Crippen molar-refractivity contribution >= 4 is 21.6 Å². The van der Waals surface area contributed by atoms with E-state index in [0.717, 1.165) is 16.6 Å². The first-order valence-corrected chi connectivity index (χ1v) is 5.07. The van der Waals surface area contributed by atoms with E-state index >= 15 is 0 Å². The summed E-state index contributed by atoms with van der Waals surface area (Å²) in [5.41, 5.74) is 7.76. The SMILES string of the molecule is CC.CCc1cc(Br)ccc1N. The van der Waals surface area contributed by atoms with Gasteiger partial charge in [0.25, 0.3) is 0 Å². The third-order valence-electron chi connectivity index (χ3n) is 1.49. The second-order valence-corrected chi connectivity index (χ2v) is 3.11. The van der Waals surface area contributed by atoms with Gasteiger partial charge in [0.1, 0.15) is 0 Å². The molecule has 0 saturated heterocycles. The zero-order valence-electron chi connectivity index (χ0n) is 7.89. The Morgan fingerprint density at radius 1 is 1.33 bits per heavy atom. The van der Waals surface area contributed by atoms with Crippen molar-refractivity contribution in [1.82, 2.24) is 0 Å². The number of hydrogen-bond donors (Lipinski definition) is 1. The van der Waals surface area contributed by atoms with Gasteiger partial charge >= 0.3 is 0 Å². The molecular weight excluding hydrogens is 214 g/mol. The van der Waals surface area contributed by atoms with Crippen LogP contribution >= 0.6 is 15.9 Å². The highest BCUT2D eigenvalue weighted by Gasteiger charge is 1.95. The molecule has 0 amide bonds. The number of rotatable bonds is 1. The molecule has 0 atom stereocenters. The highest BCUT2D eigenvalue weighted by molar-refractivity contribution is 9.10. The predicted octanol–water partition coefficient (Wildman–Crippen LogP) is 3.62. The Bertz CT molecular complexity index is 233. The Labute approximate surface area is 83.1 Å². The Morgan fingerprint density at radius 2 is 1.92 bits per heavy atom. The maximum absolute atomic E-state index is 5.68. The largest absolute Gasteiger partial charge is 0.399 e. The van der Waals surface area contributed by atoms with Gasteiger partial charge in [0.2, 0.25) is 0 Å². The monoisotopic (exact) mass is 229 g/mol. The van der Waals surface area contributed by atoms with E-state index < -0.39 is 0 Å². The van der Waals surface area contributed by atoms with Crippen LogP contribution in [0.3, 0.4) is 0 Å². The number of hydrogen-bond acceptors (Lipinski definition) is 1. The molecule has 68 valence electrons. The Balaban J connectivity index is 0.000000561. The van der Waals surface area contributed by atoms with Crippen LogP contribution in [-0.4, -0.2) is 0 Å². The molecule has 0 unspecified atom stereocenters. The second kappa shape index (κ2) is 6.06. The Hall–Kier alpha value is -0.500. The van der Waals surface area contributed by atoms with Gasteiger partial charge in [-0.25, -0.2) is 0 Å². The summed E-state index contributed by atoms with van der Waals surface area (Å²) < 4.78 is 1.10. The van der Waals surface area contributed by atoms with E-state index in [9.17, 15) is 0 Å². The highest BCUT2D eigenvalue weighted by Crippen LogP contribution is 2.18. The average Bonchev–Trinajstić information content (AvgIpc) is 2.13. The van der Waals surface area contributed by atoms with Crippen molar-refractivity contribution < 1.29 is 0 Å². The van der Waals surface area contributed by atoms with E-state index in [2.05, 4.69) is 28.9 Å². The fourth-order valence-corrected chi connectivity index (χ4v) is 1.29. The second-order valence-electron chi connectivity index (χ2n) is 2.20. The molecule has 0 spiro atoms. The van der Waals surface area contributed by atoms with Crippen LogP contribution < -0.4 is 5.73 Å². The Kier molecular flexibility index (Phi) is 5.81. The third-order valence-corrected chi connectivity index (χ3v) is 1.98. The number of nitrogen functional groups attached to an aromatic ring is 1. The first-order valence-electron chi connectivity index (χ1n) is 4.28. The molecule has 0 aliphatic rings. The van der Waals surface area contributed by atoms with Crippen LogP contribution in [0.5, 0.6) is 0 Å². The molecule has 1 aromatic rings. The van der Waals surface area contributed by atoms with Crippen molar-refractivity contribution in [3.8, 4) is 0 Å². The van der Waals surface area contributed by atoms with Crippen molar-refractivity contribution in [2.75, 3.05) is 5.73 Å². The fourth-order valence-electron chi connectivity index (χ4n) is 0.881. The van der Waals surface area contributed by atoms with Crippen LogP contribution in [-0.2, 0) is 6.42 Å². The van der Waals surface area contributed by atoms with Crippen molar-refractivity contribution in [3.05, 3.63) is 28.2 Å². The number of aryl methyl sites for hydroxylation is 1. The molecule has 0 aromatic heterocycles. The summed E-state index contributed by atoms with van der Waals surface area (Å²) in [4.78, 5) is 0. The van der Waals surface area contributed by atoms with Crippen LogP contribution in [0, 0.1) is 0 Å². The minimum atomic E-state index is 0.880. The van der Waals surface area contributed by atoms with E-state index in [1.165, 1.54) is 5.56 Å². The molecule has 0 aliphatic heterocycles. The molecule has 1 rings (SSSR count). The number of anilines is 1. The number of benzene rings is 1. The van der Waals surface area contributed by atoms with Gasteiger partial charge in [0.05, 0.1) is 0 Å². The van der Waals surface area contributed by atoms with E-state index in [-0.39, 0.29) is 0 Å². The van der Waals surface area contributed by atoms with Crippen molar-refractivity contribution in [2.24, 2.45) is 0 Å². The van der Waals surface area contributed by atoms with Crippen molar-refractivity contribution in [2.45, 2.75) is 27.2 Å². The standard InChI is InChI=1S/C8H10BrN.C2H6/c1-2-6-5-7(9)3-4-8(6)10;1-2/h3-5H,2,10H2,1H3;1-2H3. The number of halogens is 1. The van der Waals surface area contributed by atoms with Gasteiger partial charge in [-0.3, -0.25) is 0 Å². The first-order chi connectivity index (χ1) is 5.74. The minimum Gasteiger partial charge on any atom is -0.399 e. The van der Waals surface area contributed by atoms with Gasteiger partial charge in [-0.2, -0.15) is 0 Å². The van der Waals surface area contributed by atoms with Crippen LogP contribution in [0.15, 0.2) is 22.7 Å². The van der Waals surface area contributed by atoms with Crippen LogP contribution in [0.2, 0.25) is 0 Å². The molecule has 0 fully saturated rings. The summed E-state index contributed by atoms with van der Waals surface area (Å²) >= 11 is 3.38. The van der Waals surface area contributed by atoms with Gasteiger partial charge < -0.3 is 5.73 Å². The molecule has 2 heteroatoms. The summed E-state index contributed by atoms with van der Waals surface area (Å²) in [5.74, 6) is 0.